The number of benzene rings is 2. The van der Waals surface area contributed by atoms with Gasteiger partial charge in [0.2, 0.25) is 0 Å². The molecule has 1 amide bonds. The Hall–Kier alpha value is -2.28. The first-order valence-corrected chi connectivity index (χ1v) is 9.28. The maximum absolute atomic E-state index is 12.7. The van der Waals surface area contributed by atoms with Crippen LogP contribution in [0.4, 0.5) is 11.4 Å². The molecule has 27 heavy (non-hydrogen) atoms. The Balaban J connectivity index is 1.80. The Morgan fingerprint density at radius 2 is 1.85 bits per heavy atom. The second-order valence-electron chi connectivity index (χ2n) is 6.28. The number of nitrogen functional groups attached to an aromatic ring is 1. The number of halogens is 2. The standard InChI is InChI=1S/C19H19Cl2N3O3/c20-12-1-4-17(27-19(26)11-5-7-23-8-6-11)14(9-12)18(25)24-16-3-2-13(22)10-15(16)21/h1-4,9-11,23H,5-8,22H2,(H,24,25). The van der Waals surface area contributed by atoms with Gasteiger partial charge in [-0.25, -0.2) is 0 Å². The first-order chi connectivity index (χ1) is 12.9. The molecule has 3 rings (SSSR count). The van der Waals surface area contributed by atoms with E-state index in [1.807, 2.05) is 0 Å². The predicted molar refractivity (Wildman–Crippen MR) is 106 cm³/mol. The van der Waals surface area contributed by atoms with E-state index in [2.05, 4.69) is 10.6 Å². The molecule has 1 fully saturated rings. The van der Waals surface area contributed by atoms with Crippen molar-refractivity contribution in [2.75, 3.05) is 24.1 Å². The quantitative estimate of drug-likeness (QED) is 0.407. The third kappa shape index (κ3) is 4.91. The third-order valence-electron chi connectivity index (χ3n) is 4.31. The van der Waals surface area contributed by atoms with Gasteiger partial charge in [0.15, 0.2) is 0 Å². The summed E-state index contributed by atoms with van der Waals surface area (Å²) in [6, 6.07) is 9.29. The number of anilines is 2. The highest BCUT2D eigenvalue weighted by atomic mass is 35.5. The average molecular weight is 408 g/mol. The lowest BCUT2D eigenvalue weighted by Gasteiger charge is -2.21. The lowest BCUT2D eigenvalue weighted by atomic mass is 9.98. The van der Waals surface area contributed by atoms with E-state index in [1.54, 1.807) is 18.2 Å². The Labute approximate surface area is 167 Å². The zero-order valence-electron chi connectivity index (χ0n) is 14.4. The summed E-state index contributed by atoms with van der Waals surface area (Å²) in [5, 5.41) is 6.54. The number of amides is 1. The molecule has 4 N–H and O–H groups in total. The second-order valence-corrected chi connectivity index (χ2v) is 7.12. The van der Waals surface area contributed by atoms with Crippen molar-refractivity contribution in [1.29, 1.82) is 0 Å². The summed E-state index contributed by atoms with van der Waals surface area (Å²) in [6.45, 7) is 1.53. The predicted octanol–water partition coefficient (Wildman–Crippen LogP) is 3.73. The number of nitrogens with one attached hydrogen (secondary N) is 2. The minimum Gasteiger partial charge on any atom is -0.425 e. The Morgan fingerprint density at radius 3 is 2.56 bits per heavy atom. The van der Waals surface area contributed by atoms with E-state index in [-0.39, 0.29) is 23.2 Å². The fraction of sp³-hybridized carbons (Fsp3) is 0.263. The van der Waals surface area contributed by atoms with Gasteiger partial charge in [0.1, 0.15) is 5.75 Å². The first-order valence-electron chi connectivity index (χ1n) is 8.52. The number of piperidine rings is 1. The van der Waals surface area contributed by atoms with E-state index in [0.29, 0.717) is 34.3 Å². The largest absolute Gasteiger partial charge is 0.425 e. The molecule has 1 aliphatic heterocycles. The number of hydrogen-bond donors (Lipinski definition) is 3. The number of carbonyl (C=O) groups is 2. The maximum atomic E-state index is 12.7. The van der Waals surface area contributed by atoms with Gasteiger partial charge in [-0.2, -0.15) is 0 Å². The van der Waals surface area contributed by atoms with Gasteiger partial charge in [0, 0.05) is 10.7 Å². The highest BCUT2D eigenvalue weighted by Gasteiger charge is 2.25. The van der Waals surface area contributed by atoms with Gasteiger partial charge in [-0.3, -0.25) is 9.59 Å². The second kappa shape index (κ2) is 8.61. The van der Waals surface area contributed by atoms with Gasteiger partial charge in [-0.15, -0.1) is 0 Å². The monoisotopic (exact) mass is 407 g/mol. The number of rotatable bonds is 4. The van der Waals surface area contributed by atoms with Crippen molar-refractivity contribution in [3.05, 3.63) is 52.0 Å². The summed E-state index contributed by atoms with van der Waals surface area (Å²) in [7, 11) is 0. The van der Waals surface area contributed by atoms with Crippen LogP contribution in [-0.4, -0.2) is 25.0 Å². The maximum Gasteiger partial charge on any atom is 0.314 e. The molecule has 1 heterocycles. The SMILES string of the molecule is Nc1ccc(NC(=O)c2cc(Cl)ccc2OC(=O)C2CCNCC2)c(Cl)c1. The molecule has 0 radical (unpaired) electrons. The van der Waals surface area contributed by atoms with Crippen molar-refractivity contribution in [3.8, 4) is 5.75 Å². The van der Waals surface area contributed by atoms with Crippen LogP contribution in [0.25, 0.3) is 0 Å². The molecular weight excluding hydrogens is 389 g/mol. The van der Waals surface area contributed by atoms with E-state index in [0.717, 1.165) is 13.1 Å². The van der Waals surface area contributed by atoms with Crippen molar-refractivity contribution >= 4 is 46.5 Å². The smallest absolute Gasteiger partial charge is 0.314 e. The summed E-state index contributed by atoms with van der Waals surface area (Å²) in [4.78, 5) is 25.1. The van der Waals surface area contributed by atoms with Crippen LogP contribution in [0.3, 0.4) is 0 Å². The molecule has 1 aliphatic rings. The molecule has 1 saturated heterocycles. The molecule has 6 nitrogen and oxygen atoms in total. The molecule has 2 aromatic carbocycles. The molecule has 0 saturated carbocycles. The highest BCUT2D eigenvalue weighted by molar-refractivity contribution is 6.34. The highest BCUT2D eigenvalue weighted by Crippen LogP contribution is 2.28. The normalized spacial score (nSPS) is 14.6. The molecular formula is C19H19Cl2N3O3. The minimum absolute atomic E-state index is 0.151. The summed E-state index contributed by atoms with van der Waals surface area (Å²) < 4.78 is 5.51. The minimum atomic E-state index is -0.489. The van der Waals surface area contributed by atoms with Gasteiger partial charge in [0.25, 0.3) is 5.91 Å². The molecule has 0 atom stereocenters. The molecule has 2 aromatic rings. The van der Waals surface area contributed by atoms with Crippen molar-refractivity contribution in [3.63, 3.8) is 0 Å². The van der Waals surface area contributed by atoms with Crippen LogP contribution in [0.15, 0.2) is 36.4 Å². The van der Waals surface area contributed by atoms with Gasteiger partial charge in [-0.05, 0) is 62.3 Å². The summed E-state index contributed by atoms with van der Waals surface area (Å²) in [5.41, 5.74) is 6.69. The van der Waals surface area contributed by atoms with Crippen LogP contribution in [0, 0.1) is 5.92 Å². The summed E-state index contributed by atoms with van der Waals surface area (Å²) >= 11 is 12.1. The van der Waals surface area contributed by atoms with Gasteiger partial charge in [0.05, 0.1) is 22.2 Å². The third-order valence-corrected chi connectivity index (χ3v) is 4.86. The molecule has 0 aromatic heterocycles. The van der Waals surface area contributed by atoms with E-state index >= 15 is 0 Å². The van der Waals surface area contributed by atoms with Crippen molar-refractivity contribution < 1.29 is 14.3 Å². The van der Waals surface area contributed by atoms with Crippen LogP contribution in [0.5, 0.6) is 5.75 Å². The number of ether oxygens (including phenoxy) is 1. The molecule has 0 bridgehead atoms. The van der Waals surface area contributed by atoms with E-state index in [4.69, 9.17) is 33.7 Å². The fourth-order valence-corrected chi connectivity index (χ4v) is 3.25. The molecule has 0 aliphatic carbocycles. The van der Waals surface area contributed by atoms with Crippen LogP contribution < -0.4 is 21.1 Å². The zero-order chi connectivity index (χ0) is 19.4. The van der Waals surface area contributed by atoms with Gasteiger partial charge >= 0.3 is 5.97 Å². The number of hydrogen-bond acceptors (Lipinski definition) is 5. The van der Waals surface area contributed by atoms with Crippen LogP contribution in [0.1, 0.15) is 23.2 Å². The fourth-order valence-electron chi connectivity index (χ4n) is 2.84. The summed E-state index contributed by atoms with van der Waals surface area (Å²) in [6.07, 6.45) is 1.41. The van der Waals surface area contributed by atoms with Crippen molar-refractivity contribution in [2.24, 2.45) is 5.92 Å². The van der Waals surface area contributed by atoms with Crippen molar-refractivity contribution in [2.45, 2.75) is 12.8 Å². The Kier molecular flexibility index (Phi) is 6.21. The Morgan fingerprint density at radius 1 is 1.11 bits per heavy atom. The van der Waals surface area contributed by atoms with E-state index in [9.17, 15) is 9.59 Å². The number of carbonyl (C=O) groups excluding carboxylic acids is 2. The lowest BCUT2D eigenvalue weighted by molar-refractivity contribution is -0.139. The first kappa shape index (κ1) is 19.5. The molecule has 0 spiro atoms. The summed E-state index contributed by atoms with van der Waals surface area (Å²) in [5.74, 6) is -0.868. The molecule has 0 unspecified atom stereocenters. The van der Waals surface area contributed by atoms with E-state index in [1.165, 1.54) is 18.2 Å². The van der Waals surface area contributed by atoms with Crippen LogP contribution >= 0.6 is 23.2 Å². The average Bonchev–Trinajstić information content (AvgIpc) is 2.66. The van der Waals surface area contributed by atoms with Crippen molar-refractivity contribution in [1.82, 2.24) is 5.32 Å². The number of nitrogens with two attached hydrogens (primary N) is 1. The topological polar surface area (TPSA) is 93.4 Å². The zero-order valence-corrected chi connectivity index (χ0v) is 15.9. The molecule has 142 valence electrons. The number of esters is 1. The van der Waals surface area contributed by atoms with Crippen LogP contribution in [0.2, 0.25) is 10.0 Å². The van der Waals surface area contributed by atoms with Crippen LogP contribution in [-0.2, 0) is 4.79 Å². The van der Waals surface area contributed by atoms with Gasteiger partial charge < -0.3 is 21.1 Å². The van der Waals surface area contributed by atoms with Gasteiger partial charge in [-0.1, -0.05) is 23.2 Å². The molecule has 8 heteroatoms. The Bertz CT molecular complexity index is 867. The lowest BCUT2D eigenvalue weighted by Crippen LogP contribution is -2.34. The van der Waals surface area contributed by atoms with E-state index < -0.39 is 5.91 Å².